The molecule has 0 saturated heterocycles. The molecule has 6 heteroatoms. The monoisotopic (exact) mass is 640 g/mol. The molecule has 6 nitrogen and oxygen atoms in total. The van der Waals surface area contributed by atoms with Crippen LogP contribution in [-0.4, -0.2) is 5.97 Å². The molecule has 0 saturated carbocycles. The minimum Gasteiger partial charge on any atom is -0.457 e. The molecule has 0 unspecified atom stereocenters. The van der Waals surface area contributed by atoms with Gasteiger partial charge in [-0.05, 0) is 115 Å². The number of benzene rings is 5. The average Bonchev–Trinajstić information content (AvgIpc) is 3.31. The molecule has 0 atom stereocenters. The SMILES string of the molecule is Cc1cc(Oc2ccc(N)cc2)c(C(C)(C)C)cc1C1(c2cc(C(C)(C)C)c(Oc3ccc(N)cc3)cc2C)OC(=O)c2ccccc21. The van der Waals surface area contributed by atoms with Crippen molar-refractivity contribution in [3.05, 3.63) is 142 Å². The van der Waals surface area contributed by atoms with Gasteiger partial charge >= 0.3 is 5.97 Å². The molecule has 0 aromatic heterocycles. The zero-order valence-corrected chi connectivity index (χ0v) is 29.0. The fraction of sp³-hybridized carbons (Fsp3) is 0.262. The summed E-state index contributed by atoms with van der Waals surface area (Å²) in [7, 11) is 0. The summed E-state index contributed by atoms with van der Waals surface area (Å²) in [5, 5.41) is 0. The van der Waals surface area contributed by atoms with Crippen molar-refractivity contribution in [2.75, 3.05) is 11.5 Å². The van der Waals surface area contributed by atoms with Crippen molar-refractivity contribution < 1.29 is 19.0 Å². The van der Waals surface area contributed by atoms with E-state index < -0.39 is 5.60 Å². The summed E-state index contributed by atoms with van der Waals surface area (Å²) in [5.74, 6) is 2.50. The highest BCUT2D eigenvalue weighted by Gasteiger charge is 2.51. The van der Waals surface area contributed by atoms with Crippen LogP contribution >= 0.6 is 0 Å². The fourth-order valence-electron chi connectivity index (χ4n) is 6.55. The molecule has 0 spiro atoms. The number of anilines is 2. The molecule has 1 aliphatic rings. The molecule has 0 fully saturated rings. The topological polar surface area (TPSA) is 96.8 Å². The molecule has 48 heavy (non-hydrogen) atoms. The van der Waals surface area contributed by atoms with Crippen LogP contribution in [0.25, 0.3) is 0 Å². The van der Waals surface area contributed by atoms with Crippen molar-refractivity contribution >= 4 is 17.3 Å². The molecule has 1 aliphatic heterocycles. The maximum atomic E-state index is 13.8. The lowest BCUT2D eigenvalue weighted by Gasteiger charge is -2.36. The van der Waals surface area contributed by atoms with Gasteiger partial charge in [-0.3, -0.25) is 0 Å². The minimum atomic E-state index is -1.22. The van der Waals surface area contributed by atoms with Crippen LogP contribution in [0.2, 0.25) is 0 Å². The quantitative estimate of drug-likeness (QED) is 0.142. The first-order chi connectivity index (χ1) is 22.6. The molecule has 246 valence electrons. The third-order valence-corrected chi connectivity index (χ3v) is 9.02. The van der Waals surface area contributed by atoms with Crippen LogP contribution in [0, 0.1) is 13.8 Å². The lowest BCUT2D eigenvalue weighted by molar-refractivity contribution is 0.0247. The Kier molecular flexibility index (Phi) is 8.03. The maximum absolute atomic E-state index is 13.8. The first kappa shape index (κ1) is 32.7. The maximum Gasteiger partial charge on any atom is 0.340 e. The van der Waals surface area contributed by atoms with E-state index in [1.54, 1.807) is 0 Å². The van der Waals surface area contributed by atoms with E-state index in [0.29, 0.717) is 28.4 Å². The predicted octanol–water partition coefficient (Wildman–Crippen LogP) is 10.1. The van der Waals surface area contributed by atoms with Crippen molar-refractivity contribution in [3.63, 3.8) is 0 Å². The van der Waals surface area contributed by atoms with Crippen LogP contribution < -0.4 is 20.9 Å². The van der Waals surface area contributed by atoms with Crippen LogP contribution in [0.1, 0.15) is 90.8 Å². The number of nitrogens with two attached hydrogens (primary N) is 2. The Balaban J connectivity index is 1.62. The van der Waals surface area contributed by atoms with Gasteiger partial charge in [0, 0.05) is 39.2 Å². The molecule has 5 aromatic carbocycles. The van der Waals surface area contributed by atoms with Crippen molar-refractivity contribution in [1.82, 2.24) is 0 Å². The number of cyclic esters (lactones) is 1. The van der Waals surface area contributed by atoms with Crippen LogP contribution in [0.3, 0.4) is 0 Å². The third kappa shape index (κ3) is 5.87. The van der Waals surface area contributed by atoms with Crippen LogP contribution in [-0.2, 0) is 21.2 Å². The predicted molar refractivity (Wildman–Crippen MR) is 193 cm³/mol. The number of carbonyl (C=O) groups excluding carboxylic acids is 1. The van der Waals surface area contributed by atoms with E-state index >= 15 is 0 Å². The molecule has 1 heterocycles. The number of nitrogen functional groups attached to an aromatic ring is 2. The number of carbonyl (C=O) groups is 1. The van der Waals surface area contributed by atoms with Crippen molar-refractivity contribution in [2.45, 2.75) is 71.8 Å². The van der Waals surface area contributed by atoms with Crippen molar-refractivity contribution in [1.29, 1.82) is 0 Å². The largest absolute Gasteiger partial charge is 0.457 e. The smallest absolute Gasteiger partial charge is 0.340 e. The van der Waals surface area contributed by atoms with Crippen molar-refractivity contribution in [3.8, 4) is 23.0 Å². The number of esters is 1. The van der Waals surface area contributed by atoms with Gasteiger partial charge in [-0.1, -0.05) is 59.7 Å². The van der Waals surface area contributed by atoms with E-state index in [2.05, 4.69) is 65.8 Å². The van der Waals surface area contributed by atoms with Gasteiger partial charge in [-0.15, -0.1) is 0 Å². The number of aryl methyl sites for hydroxylation is 2. The Morgan fingerprint density at radius 2 is 1.00 bits per heavy atom. The molecule has 4 N–H and O–H groups in total. The number of hydrogen-bond acceptors (Lipinski definition) is 6. The van der Waals surface area contributed by atoms with Crippen LogP contribution in [0.15, 0.2) is 97.1 Å². The Bertz CT molecular complexity index is 1900. The van der Waals surface area contributed by atoms with E-state index in [1.807, 2.05) is 86.6 Å². The van der Waals surface area contributed by atoms with E-state index in [1.165, 1.54) is 0 Å². The zero-order valence-electron chi connectivity index (χ0n) is 29.0. The summed E-state index contributed by atoms with van der Waals surface area (Å²) in [4.78, 5) is 13.8. The van der Waals surface area contributed by atoms with Gasteiger partial charge in [0.15, 0.2) is 5.60 Å². The molecule has 6 rings (SSSR count). The van der Waals surface area contributed by atoms with Gasteiger partial charge in [-0.25, -0.2) is 4.79 Å². The van der Waals surface area contributed by atoms with Gasteiger partial charge < -0.3 is 25.7 Å². The van der Waals surface area contributed by atoms with Gasteiger partial charge in [0.05, 0.1) is 5.56 Å². The molecule has 0 radical (unpaired) electrons. The highest BCUT2D eigenvalue weighted by atomic mass is 16.6. The molecule has 5 aromatic rings. The average molecular weight is 641 g/mol. The molecule has 0 bridgehead atoms. The lowest BCUT2D eigenvalue weighted by Crippen LogP contribution is -2.33. The number of rotatable bonds is 6. The molecular weight excluding hydrogens is 596 g/mol. The molecular formula is C42H44N2O4. The summed E-state index contributed by atoms with van der Waals surface area (Å²) in [6.45, 7) is 17.0. The number of ether oxygens (including phenoxy) is 3. The second kappa shape index (κ2) is 11.8. The third-order valence-electron chi connectivity index (χ3n) is 9.02. The van der Waals surface area contributed by atoms with Crippen molar-refractivity contribution in [2.24, 2.45) is 0 Å². The van der Waals surface area contributed by atoms with Gasteiger partial charge in [-0.2, -0.15) is 0 Å². The summed E-state index contributed by atoms with van der Waals surface area (Å²) in [6.07, 6.45) is 0. The highest BCUT2D eigenvalue weighted by molar-refractivity contribution is 5.96. The first-order valence-corrected chi connectivity index (χ1v) is 16.3. The number of hydrogen-bond donors (Lipinski definition) is 2. The molecule has 0 aliphatic carbocycles. The van der Waals surface area contributed by atoms with E-state index in [-0.39, 0.29) is 16.8 Å². The zero-order chi connectivity index (χ0) is 34.6. The normalized spacial score (nSPS) is 14.0. The summed E-state index contributed by atoms with van der Waals surface area (Å²) >= 11 is 0. The highest BCUT2D eigenvalue weighted by Crippen LogP contribution is 2.52. The Hall–Kier alpha value is -5.23. The van der Waals surface area contributed by atoms with Crippen LogP contribution in [0.5, 0.6) is 23.0 Å². The van der Waals surface area contributed by atoms with E-state index in [9.17, 15) is 4.79 Å². The summed E-state index contributed by atoms with van der Waals surface area (Å²) in [5.41, 5.74) is 18.3. The van der Waals surface area contributed by atoms with Crippen LogP contribution in [0.4, 0.5) is 11.4 Å². The minimum absolute atomic E-state index is 0.308. The Morgan fingerprint density at radius 1 is 0.583 bits per heavy atom. The lowest BCUT2D eigenvalue weighted by atomic mass is 9.72. The summed E-state index contributed by atoms with van der Waals surface area (Å²) < 4.78 is 19.7. The second-order valence-electron chi connectivity index (χ2n) is 14.8. The van der Waals surface area contributed by atoms with E-state index in [0.717, 1.165) is 50.4 Å². The fourth-order valence-corrected chi connectivity index (χ4v) is 6.55. The first-order valence-electron chi connectivity index (χ1n) is 16.3. The molecule has 0 amide bonds. The Labute approximate surface area is 283 Å². The second-order valence-corrected chi connectivity index (χ2v) is 14.8. The Morgan fingerprint density at radius 3 is 1.42 bits per heavy atom. The standard InChI is InChI=1S/C42H44N2O4/c1-25-21-37(46-29-17-13-27(43)14-18-29)35(40(3,4)5)23-33(25)42(32-12-10-9-11-31(32)39(45)48-42)34-24-36(41(6,7)8)38(22-26(34)2)47-30-19-15-28(44)16-20-30/h9-24H,43-44H2,1-8H3. The van der Waals surface area contributed by atoms with Gasteiger partial charge in [0.1, 0.15) is 23.0 Å². The van der Waals surface area contributed by atoms with Gasteiger partial charge in [0.2, 0.25) is 0 Å². The summed E-state index contributed by atoms with van der Waals surface area (Å²) in [6, 6.07) is 30.9. The number of fused-ring (bicyclic) bond motifs is 1. The van der Waals surface area contributed by atoms with Gasteiger partial charge in [0.25, 0.3) is 0 Å². The van der Waals surface area contributed by atoms with E-state index in [4.69, 9.17) is 25.7 Å².